The van der Waals surface area contributed by atoms with Crippen LogP contribution in [0.15, 0.2) is 0 Å². The van der Waals surface area contributed by atoms with Crippen molar-refractivity contribution in [3.8, 4) is 0 Å². The Bertz CT molecular complexity index is 269. The number of carboxylic acid groups (broad SMARTS) is 1. The van der Waals surface area contributed by atoms with Gasteiger partial charge in [0.25, 0.3) is 0 Å². The number of carboxylic acids is 1. The first-order chi connectivity index (χ1) is 7.31. The molecule has 0 amide bonds. The van der Waals surface area contributed by atoms with Gasteiger partial charge < -0.3 is 30.3 Å². The molecule has 7 nitrogen and oxygen atoms in total. The third kappa shape index (κ3) is 2.33. The summed E-state index contributed by atoms with van der Waals surface area (Å²) in [5.41, 5.74) is -1.68. The van der Waals surface area contributed by atoms with Crippen molar-refractivity contribution in [3.05, 3.63) is 0 Å². The molecule has 0 radical (unpaired) electrons. The molecule has 0 aromatic heterocycles. The Kier molecular flexibility index (Phi) is 3.87. The standard InChI is InChI=1S/C9H16O7/c1-9(8(14)15)2-4(11)6(13)7(16-9)5(12)3-10/h4-7,10-13H,2-3H2,1H3,(H,14,15)/t4-,5-,6?,7?,9-/m1/s1. The van der Waals surface area contributed by atoms with Crippen LogP contribution >= 0.6 is 0 Å². The number of carbonyl (C=O) groups is 1. The smallest absolute Gasteiger partial charge is 0.335 e. The van der Waals surface area contributed by atoms with E-state index >= 15 is 0 Å². The van der Waals surface area contributed by atoms with Gasteiger partial charge in [-0.15, -0.1) is 0 Å². The van der Waals surface area contributed by atoms with E-state index in [1.54, 1.807) is 0 Å². The molecule has 94 valence electrons. The zero-order valence-electron chi connectivity index (χ0n) is 8.78. The van der Waals surface area contributed by atoms with Crippen molar-refractivity contribution < 1.29 is 35.1 Å². The van der Waals surface area contributed by atoms with Crippen LogP contribution in [0.3, 0.4) is 0 Å². The van der Waals surface area contributed by atoms with Gasteiger partial charge in [-0.1, -0.05) is 0 Å². The molecule has 5 N–H and O–H groups in total. The highest BCUT2D eigenvalue weighted by Gasteiger charge is 2.49. The fraction of sp³-hybridized carbons (Fsp3) is 0.889. The predicted octanol–water partition coefficient (Wildman–Crippen LogP) is -2.31. The second kappa shape index (κ2) is 4.64. The van der Waals surface area contributed by atoms with Gasteiger partial charge >= 0.3 is 5.97 Å². The molecule has 7 heteroatoms. The summed E-state index contributed by atoms with van der Waals surface area (Å²) < 4.78 is 5.05. The summed E-state index contributed by atoms with van der Waals surface area (Å²) in [5.74, 6) is -1.30. The van der Waals surface area contributed by atoms with Crippen molar-refractivity contribution in [2.24, 2.45) is 0 Å². The monoisotopic (exact) mass is 236 g/mol. The van der Waals surface area contributed by atoms with Gasteiger partial charge in [-0.2, -0.15) is 0 Å². The van der Waals surface area contributed by atoms with Crippen LogP contribution in [0.2, 0.25) is 0 Å². The van der Waals surface area contributed by atoms with Gasteiger partial charge in [0.2, 0.25) is 0 Å². The first-order valence-corrected chi connectivity index (χ1v) is 4.88. The predicted molar refractivity (Wildman–Crippen MR) is 50.6 cm³/mol. The topological polar surface area (TPSA) is 127 Å². The van der Waals surface area contributed by atoms with Crippen molar-refractivity contribution in [2.45, 2.75) is 43.4 Å². The summed E-state index contributed by atoms with van der Waals surface area (Å²) in [4.78, 5) is 10.9. The number of aliphatic hydroxyl groups is 4. The van der Waals surface area contributed by atoms with E-state index in [2.05, 4.69) is 0 Å². The van der Waals surface area contributed by atoms with Crippen molar-refractivity contribution in [1.82, 2.24) is 0 Å². The number of ether oxygens (including phenoxy) is 1. The van der Waals surface area contributed by atoms with Crippen molar-refractivity contribution in [2.75, 3.05) is 6.61 Å². The molecule has 2 unspecified atom stereocenters. The van der Waals surface area contributed by atoms with Gasteiger partial charge in [0.1, 0.15) is 18.3 Å². The summed E-state index contributed by atoms with van der Waals surface area (Å²) in [6.07, 6.45) is -5.79. The van der Waals surface area contributed by atoms with E-state index in [4.69, 9.17) is 14.9 Å². The van der Waals surface area contributed by atoms with Gasteiger partial charge in [0, 0.05) is 6.42 Å². The van der Waals surface area contributed by atoms with E-state index < -0.39 is 42.6 Å². The molecule has 0 bridgehead atoms. The van der Waals surface area contributed by atoms with E-state index in [0.717, 1.165) is 0 Å². The number of aliphatic carboxylic acids is 1. The Morgan fingerprint density at radius 1 is 1.56 bits per heavy atom. The molecule has 5 atom stereocenters. The molecule has 1 aliphatic rings. The summed E-state index contributed by atoms with van der Waals surface area (Å²) in [6.45, 7) is 0.547. The van der Waals surface area contributed by atoms with E-state index in [1.165, 1.54) is 6.92 Å². The van der Waals surface area contributed by atoms with Crippen LogP contribution in [0.5, 0.6) is 0 Å². The van der Waals surface area contributed by atoms with Gasteiger partial charge in [0.15, 0.2) is 5.60 Å². The summed E-state index contributed by atoms with van der Waals surface area (Å²) in [6, 6.07) is 0. The Hall–Kier alpha value is -0.730. The number of aliphatic hydroxyl groups excluding tert-OH is 4. The van der Waals surface area contributed by atoms with Crippen molar-refractivity contribution in [3.63, 3.8) is 0 Å². The van der Waals surface area contributed by atoms with E-state index in [-0.39, 0.29) is 6.42 Å². The number of hydrogen-bond acceptors (Lipinski definition) is 6. The van der Waals surface area contributed by atoms with Crippen molar-refractivity contribution >= 4 is 5.97 Å². The molecular weight excluding hydrogens is 220 g/mol. The van der Waals surface area contributed by atoms with Crippen LogP contribution in [0.4, 0.5) is 0 Å². The summed E-state index contributed by atoms with van der Waals surface area (Å²) >= 11 is 0. The lowest BCUT2D eigenvalue weighted by Gasteiger charge is -2.42. The highest BCUT2D eigenvalue weighted by atomic mass is 16.6. The maximum absolute atomic E-state index is 10.9. The second-order valence-electron chi connectivity index (χ2n) is 4.13. The van der Waals surface area contributed by atoms with Gasteiger partial charge in [-0.3, -0.25) is 0 Å². The molecule has 1 rings (SSSR count). The Labute approximate surface area is 91.9 Å². The Balaban J connectivity index is 2.89. The Morgan fingerprint density at radius 2 is 2.12 bits per heavy atom. The average molecular weight is 236 g/mol. The molecular formula is C9H16O7. The highest BCUT2D eigenvalue weighted by molar-refractivity contribution is 5.77. The molecule has 0 aliphatic carbocycles. The van der Waals surface area contributed by atoms with Gasteiger partial charge in [-0.25, -0.2) is 4.79 Å². The van der Waals surface area contributed by atoms with Crippen LogP contribution < -0.4 is 0 Å². The molecule has 0 saturated carbocycles. The van der Waals surface area contributed by atoms with Crippen LogP contribution in [0.25, 0.3) is 0 Å². The number of hydrogen-bond donors (Lipinski definition) is 5. The molecule has 1 heterocycles. The van der Waals surface area contributed by atoms with Crippen LogP contribution in [-0.2, 0) is 9.53 Å². The molecule has 1 aliphatic heterocycles. The lowest BCUT2D eigenvalue weighted by molar-refractivity contribution is -0.241. The molecule has 1 fully saturated rings. The maximum atomic E-state index is 10.9. The molecule has 0 aromatic rings. The van der Waals surface area contributed by atoms with Crippen LogP contribution in [0.1, 0.15) is 13.3 Å². The fourth-order valence-electron chi connectivity index (χ4n) is 1.70. The zero-order valence-corrected chi connectivity index (χ0v) is 8.78. The maximum Gasteiger partial charge on any atom is 0.335 e. The Morgan fingerprint density at radius 3 is 2.56 bits per heavy atom. The lowest BCUT2D eigenvalue weighted by atomic mass is 9.87. The first kappa shape index (κ1) is 13.3. The molecule has 0 spiro atoms. The van der Waals surface area contributed by atoms with Crippen LogP contribution in [-0.4, -0.2) is 68.1 Å². The minimum atomic E-state index is -1.68. The first-order valence-electron chi connectivity index (χ1n) is 4.88. The van der Waals surface area contributed by atoms with Gasteiger partial charge in [-0.05, 0) is 6.92 Å². The number of rotatable bonds is 3. The third-order valence-electron chi connectivity index (χ3n) is 2.74. The normalized spacial score (nSPS) is 41.7. The average Bonchev–Trinajstić information content (AvgIpc) is 2.22. The summed E-state index contributed by atoms with van der Waals surface area (Å²) in [5, 5.41) is 46.0. The second-order valence-corrected chi connectivity index (χ2v) is 4.13. The molecule has 1 saturated heterocycles. The third-order valence-corrected chi connectivity index (χ3v) is 2.74. The minimum absolute atomic E-state index is 0.280. The quantitative estimate of drug-likeness (QED) is 0.372. The minimum Gasteiger partial charge on any atom is -0.479 e. The molecule has 0 aromatic carbocycles. The largest absolute Gasteiger partial charge is 0.479 e. The SMILES string of the molecule is C[C@]1(C(=O)O)C[C@@H](O)C(O)C([C@H](O)CO)O1. The van der Waals surface area contributed by atoms with E-state index in [1.807, 2.05) is 0 Å². The van der Waals surface area contributed by atoms with Gasteiger partial charge in [0.05, 0.1) is 12.7 Å². The van der Waals surface area contributed by atoms with E-state index in [9.17, 15) is 20.1 Å². The highest BCUT2D eigenvalue weighted by Crippen LogP contribution is 2.30. The fourth-order valence-corrected chi connectivity index (χ4v) is 1.70. The lowest BCUT2D eigenvalue weighted by Crippen LogP contribution is -2.60. The zero-order chi connectivity index (χ0) is 12.5. The van der Waals surface area contributed by atoms with Crippen molar-refractivity contribution in [1.29, 1.82) is 0 Å². The van der Waals surface area contributed by atoms with E-state index in [0.29, 0.717) is 0 Å². The summed E-state index contributed by atoms with van der Waals surface area (Å²) in [7, 11) is 0. The molecule has 16 heavy (non-hydrogen) atoms. The van der Waals surface area contributed by atoms with Crippen LogP contribution in [0, 0.1) is 0 Å².